The molecular formula is C18H25ClN2O. The van der Waals surface area contributed by atoms with E-state index in [1.807, 2.05) is 4.90 Å². The number of hydrogen-bond donors (Lipinski definition) is 1. The van der Waals surface area contributed by atoms with Gasteiger partial charge >= 0.3 is 0 Å². The highest BCUT2D eigenvalue weighted by molar-refractivity contribution is 5.85. The van der Waals surface area contributed by atoms with Crippen LogP contribution in [0.15, 0.2) is 24.3 Å². The molecule has 120 valence electrons. The lowest BCUT2D eigenvalue weighted by Crippen LogP contribution is -2.47. The molecule has 1 aromatic carbocycles. The van der Waals surface area contributed by atoms with Crippen molar-refractivity contribution in [2.45, 2.75) is 50.0 Å². The van der Waals surface area contributed by atoms with Gasteiger partial charge in [0.15, 0.2) is 0 Å². The molecule has 4 heteroatoms. The first-order valence-corrected chi connectivity index (χ1v) is 8.33. The summed E-state index contributed by atoms with van der Waals surface area (Å²) in [6.45, 7) is 1.66. The molecule has 0 bridgehead atoms. The Kier molecular flexibility index (Phi) is 4.21. The maximum atomic E-state index is 12.9. The van der Waals surface area contributed by atoms with Gasteiger partial charge < -0.3 is 10.6 Å². The summed E-state index contributed by atoms with van der Waals surface area (Å²) in [4.78, 5) is 14.9. The molecule has 0 aromatic heterocycles. The molecule has 3 nitrogen and oxygen atoms in total. The van der Waals surface area contributed by atoms with Crippen molar-refractivity contribution < 1.29 is 4.79 Å². The number of nitrogens with two attached hydrogens (primary N) is 1. The Bertz CT molecular complexity index is 576. The summed E-state index contributed by atoms with van der Waals surface area (Å²) in [7, 11) is 0. The molecule has 22 heavy (non-hydrogen) atoms. The average Bonchev–Trinajstić information content (AvgIpc) is 3.22. The number of rotatable bonds is 1. The number of piperidine rings is 1. The number of carbonyl (C=O) groups excluding carboxylic acids is 1. The van der Waals surface area contributed by atoms with E-state index in [1.54, 1.807) is 0 Å². The second kappa shape index (κ2) is 5.86. The third-order valence-electron chi connectivity index (χ3n) is 5.77. The summed E-state index contributed by atoms with van der Waals surface area (Å²) >= 11 is 0. The minimum absolute atomic E-state index is 0. The van der Waals surface area contributed by atoms with Gasteiger partial charge in [0, 0.05) is 30.5 Å². The predicted molar refractivity (Wildman–Crippen MR) is 90.2 cm³/mol. The standard InChI is InChI=1S/C18H24N2O.ClH/c19-14-7-4-10-20(12-14)17(21)16-11-18(16)9-3-6-13-5-1-2-8-15(13)18;/h1-2,5,8,14,16H,3-4,6-7,9-12,19H2;1H. The molecule has 1 spiro atoms. The van der Waals surface area contributed by atoms with Crippen LogP contribution in [0.3, 0.4) is 0 Å². The van der Waals surface area contributed by atoms with Gasteiger partial charge in [0.25, 0.3) is 0 Å². The van der Waals surface area contributed by atoms with Crippen LogP contribution < -0.4 is 5.73 Å². The number of aryl methyl sites for hydroxylation is 1. The van der Waals surface area contributed by atoms with E-state index in [9.17, 15) is 4.79 Å². The number of amides is 1. The zero-order chi connectivity index (χ0) is 14.4. The van der Waals surface area contributed by atoms with Crippen molar-refractivity contribution in [3.63, 3.8) is 0 Å². The van der Waals surface area contributed by atoms with Crippen LogP contribution >= 0.6 is 12.4 Å². The molecule has 0 radical (unpaired) electrons. The van der Waals surface area contributed by atoms with Gasteiger partial charge in [0.05, 0.1) is 0 Å². The lowest BCUT2D eigenvalue weighted by Gasteiger charge is -2.33. The monoisotopic (exact) mass is 320 g/mol. The fourth-order valence-electron chi connectivity index (χ4n) is 4.59. The highest BCUT2D eigenvalue weighted by Crippen LogP contribution is 2.60. The molecule has 2 fully saturated rings. The lowest BCUT2D eigenvalue weighted by molar-refractivity contribution is -0.134. The van der Waals surface area contributed by atoms with Gasteiger partial charge in [-0.2, -0.15) is 0 Å². The summed E-state index contributed by atoms with van der Waals surface area (Å²) in [5, 5.41) is 0. The van der Waals surface area contributed by atoms with Gasteiger partial charge in [-0.05, 0) is 49.7 Å². The maximum Gasteiger partial charge on any atom is 0.226 e. The van der Waals surface area contributed by atoms with Crippen LogP contribution in [0.4, 0.5) is 0 Å². The van der Waals surface area contributed by atoms with Crippen LogP contribution in [0.25, 0.3) is 0 Å². The second-order valence-electron chi connectivity index (χ2n) is 7.11. The second-order valence-corrected chi connectivity index (χ2v) is 7.11. The normalized spacial score (nSPS) is 33.0. The van der Waals surface area contributed by atoms with E-state index in [0.717, 1.165) is 32.4 Å². The van der Waals surface area contributed by atoms with E-state index < -0.39 is 0 Å². The van der Waals surface area contributed by atoms with E-state index in [-0.39, 0.29) is 29.8 Å². The van der Waals surface area contributed by atoms with Gasteiger partial charge in [0.2, 0.25) is 5.91 Å². The minimum atomic E-state index is 0. The van der Waals surface area contributed by atoms with Gasteiger partial charge in [0.1, 0.15) is 0 Å². The van der Waals surface area contributed by atoms with Crippen molar-refractivity contribution in [3.05, 3.63) is 35.4 Å². The first-order valence-electron chi connectivity index (χ1n) is 8.33. The Hall–Kier alpha value is -1.06. The van der Waals surface area contributed by atoms with E-state index in [0.29, 0.717) is 5.91 Å². The predicted octanol–water partition coefficient (Wildman–Crippen LogP) is 2.65. The van der Waals surface area contributed by atoms with Gasteiger partial charge in [-0.3, -0.25) is 4.79 Å². The fraction of sp³-hybridized carbons (Fsp3) is 0.611. The molecule has 1 heterocycles. The molecule has 3 unspecified atom stereocenters. The van der Waals surface area contributed by atoms with Crippen molar-refractivity contribution in [3.8, 4) is 0 Å². The number of carbonyl (C=O) groups is 1. The smallest absolute Gasteiger partial charge is 0.226 e. The number of likely N-dealkylation sites (tertiary alicyclic amines) is 1. The Labute approximate surface area is 138 Å². The van der Waals surface area contributed by atoms with Crippen molar-refractivity contribution in [1.82, 2.24) is 4.90 Å². The zero-order valence-corrected chi connectivity index (χ0v) is 13.8. The van der Waals surface area contributed by atoms with Crippen molar-refractivity contribution in [2.24, 2.45) is 11.7 Å². The van der Waals surface area contributed by atoms with Crippen LogP contribution in [0.2, 0.25) is 0 Å². The average molecular weight is 321 g/mol. The highest BCUT2D eigenvalue weighted by Gasteiger charge is 2.60. The molecule has 1 saturated carbocycles. The molecule has 3 atom stereocenters. The van der Waals surface area contributed by atoms with Crippen LogP contribution in [-0.4, -0.2) is 29.9 Å². The van der Waals surface area contributed by atoms with Gasteiger partial charge in [-0.15, -0.1) is 12.4 Å². The zero-order valence-electron chi connectivity index (χ0n) is 13.0. The SMILES string of the molecule is Cl.NC1CCCN(C(=O)C2CC23CCCc2ccccc23)C1. The number of benzene rings is 1. The molecule has 2 N–H and O–H groups in total. The van der Waals surface area contributed by atoms with Crippen LogP contribution in [0.1, 0.15) is 43.2 Å². The van der Waals surface area contributed by atoms with Gasteiger partial charge in [-0.1, -0.05) is 24.3 Å². The van der Waals surface area contributed by atoms with Crippen molar-refractivity contribution >= 4 is 18.3 Å². The van der Waals surface area contributed by atoms with E-state index in [2.05, 4.69) is 24.3 Å². The fourth-order valence-corrected chi connectivity index (χ4v) is 4.59. The number of halogens is 1. The first-order chi connectivity index (χ1) is 10.2. The van der Waals surface area contributed by atoms with Crippen LogP contribution in [-0.2, 0) is 16.6 Å². The molecule has 3 aliphatic rings. The Morgan fingerprint density at radius 3 is 2.91 bits per heavy atom. The topological polar surface area (TPSA) is 46.3 Å². The largest absolute Gasteiger partial charge is 0.341 e. The third kappa shape index (κ3) is 2.44. The number of nitrogens with zero attached hydrogens (tertiary/aromatic N) is 1. The molecular weight excluding hydrogens is 296 g/mol. The highest BCUT2D eigenvalue weighted by atomic mass is 35.5. The third-order valence-corrected chi connectivity index (χ3v) is 5.77. The molecule has 1 amide bonds. The summed E-state index contributed by atoms with van der Waals surface area (Å²) in [5.74, 6) is 0.575. The van der Waals surface area contributed by atoms with Crippen LogP contribution in [0, 0.1) is 5.92 Å². The molecule has 1 saturated heterocycles. The van der Waals surface area contributed by atoms with Crippen LogP contribution in [0.5, 0.6) is 0 Å². The minimum Gasteiger partial charge on any atom is -0.341 e. The van der Waals surface area contributed by atoms with E-state index in [1.165, 1.54) is 30.4 Å². The summed E-state index contributed by atoms with van der Waals surface area (Å²) < 4.78 is 0. The Balaban J connectivity index is 0.00000144. The Morgan fingerprint density at radius 1 is 1.27 bits per heavy atom. The molecule has 1 aromatic rings. The lowest BCUT2D eigenvalue weighted by atomic mass is 9.78. The summed E-state index contributed by atoms with van der Waals surface area (Å²) in [6, 6.07) is 8.93. The maximum absolute atomic E-state index is 12.9. The molecule has 4 rings (SSSR count). The summed E-state index contributed by atoms with van der Waals surface area (Å²) in [5.41, 5.74) is 9.12. The van der Waals surface area contributed by atoms with E-state index in [4.69, 9.17) is 5.73 Å². The summed E-state index contributed by atoms with van der Waals surface area (Å²) in [6.07, 6.45) is 6.74. The van der Waals surface area contributed by atoms with Crippen molar-refractivity contribution in [2.75, 3.05) is 13.1 Å². The molecule has 1 aliphatic heterocycles. The van der Waals surface area contributed by atoms with Crippen molar-refractivity contribution in [1.29, 1.82) is 0 Å². The number of hydrogen-bond acceptors (Lipinski definition) is 2. The van der Waals surface area contributed by atoms with E-state index >= 15 is 0 Å². The number of fused-ring (bicyclic) bond motifs is 2. The quantitative estimate of drug-likeness (QED) is 0.864. The van der Waals surface area contributed by atoms with Gasteiger partial charge in [-0.25, -0.2) is 0 Å². The molecule has 2 aliphatic carbocycles. The Morgan fingerprint density at radius 2 is 2.09 bits per heavy atom. The first kappa shape index (κ1) is 15.8.